The van der Waals surface area contributed by atoms with Gasteiger partial charge in [-0.3, -0.25) is 28.9 Å². The van der Waals surface area contributed by atoms with E-state index in [1.807, 2.05) is 26.0 Å². The second-order valence-electron chi connectivity index (χ2n) is 6.32. The Morgan fingerprint density at radius 1 is 1.14 bits per heavy atom. The summed E-state index contributed by atoms with van der Waals surface area (Å²) >= 11 is 0. The number of nitrogens with zero attached hydrogens (tertiary/aromatic N) is 4. The van der Waals surface area contributed by atoms with E-state index in [1.54, 1.807) is 0 Å². The van der Waals surface area contributed by atoms with Crippen LogP contribution < -0.4 is 0 Å². The number of rotatable bonds is 7. The van der Waals surface area contributed by atoms with Crippen molar-refractivity contribution in [1.29, 1.82) is 0 Å². The molecule has 0 saturated carbocycles. The van der Waals surface area contributed by atoms with E-state index >= 15 is 0 Å². The molecule has 1 aliphatic rings. The van der Waals surface area contributed by atoms with Crippen molar-refractivity contribution in [3.8, 4) is 0 Å². The number of benzene rings is 1. The van der Waals surface area contributed by atoms with Gasteiger partial charge in [0.2, 0.25) is 0 Å². The maximum atomic E-state index is 12.3. The Hall–Kier alpha value is -3.67. The smallest absolute Gasteiger partial charge is 0.296 e. The topological polar surface area (TPSA) is 147 Å². The van der Waals surface area contributed by atoms with E-state index in [1.165, 1.54) is 7.05 Å². The van der Waals surface area contributed by atoms with Gasteiger partial charge in [0.1, 0.15) is 6.29 Å². The lowest BCUT2D eigenvalue weighted by molar-refractivity contribution is -0.761. The van der Waals surface area contributed by atoms with Crippen molar-refractivity contribution in [2.45, 2.75) is 0 Å². The van der Waals surface area contributed by atoms with Gasteiger partial charge in [-0.2, -0.15) is 0 Å². The van der Waals surface area contributed by atoms with Crippen molar-refractivity contribution in [2.24, 2.45) is 0 Å². The molecular weight excluding hydrogens is 388 g/mol. The highest BCUT2D eigenvalue weighted by Gasteiger charge is 2.37. The van der Waals surface area contributed by atoms with Crippen molar-refractivity contribution in [1.82, 2.24) is 14.7 Å². The number of fused-ring (bicyclic) bond motifs is 1. The number of hydrogen-bond acceptors (Lipinski definition) is 9. The third-order valence-electron chi connectivity index (χ3n) is 3.46. The largest absolute Gasteiger partial charge is 0.318 e. The van der Waals surface area contributed by atoms with Crippen LogP contribution in [0.15, 0.2) is 12.1 Å². The van der Waals surface area contributed by atoms with Crippen LogP contribution in [0.2, 0.25) is 0 Å². The molecule has 0 aliphatic carbocycles. The Morgan fingerprint density at radius 3 is 2.10 bits per heavy atom. The summed E-state index contributed by atoms with van der Waals surface area (Å²) in [5.74, 6) is -2.34. The highest BCUT2D eigenvalue weighted by molar-refractivity contribution is 6.23. The molecule has 0 unspecified atom stereocenters. The van der Waals surface area contributed by atoms with Crippen LogP contribution in [0, 0.1) is 10.1 Å². The predicted molar refractivity (Wildman–Crippen MR) is 97.9 cm³/mol. The summed E-state index contributed by atoms with van der Waals surface area (Å²) < 4.78 is 0. The molecule has 0 bridgehead atoms. The Kier molecular flexibility index (Phi) is 8.09. The molecule has 12 heteroatoms. The van der Waals surface area contributed by atoms with Gasteiger partial charge in [-0.15, -0.1) is 10.1 Å². The molecule has 0 atom stereocenters. The average Bonchev–Trinajstić information content (AvgIpc) is 2.88. The molecule has 1 heterocycles. The molecule has 12 nitrogen and oxygen atoms in total. The van der Waals surface area contributed by atoms with Crippen molar-refractivity contribution < 1.29 is 33.9 Å². The summed E-state index contributed by atoms with van der Waals surface area (Å²) in [6, 6.07) is 2.12. The first-order chi connectivity index (χ1) is 13.5. The third-order valence-corrected chi connectivity index (χ3v) is 3.46. The van der Waals surface area contributed by atoms with E-state index < -0.39 is 36.1 Å². The van der Waals surface area contributed by atoms with E-state index in [4.69, 9.17) is 0 Å². The summed E-state index contributed by atoms with van der Waals surface area (Å²) in [6.45, 7) is -1.14. The van der Waals surface area contributed by atoms with Gasteiger partial charge in [-0.1, -0.05) is 0 Å². The van der Waals surface area contributed by atoms with E-state index in [2.05, 4.69) is 4.84 Å². The Morgan fingerprint density at radius 2 is 1.66 bits per heavy atom. The number of imide groups is 1. The molecule has 0 saturated heterocycles. The number of amides is 3. The molecular formula is C17H20N4O8. The molecule has 29 heavy (non-hydrogen) atoms. The van der Waals surface area contributed by atoms with Crippen LogP contribution in [-0.2, 0) is 9.63 Å². The molecule has 0 fully saturated rings. The normalized spacial score (nSPS) is 12.1. The lowest BCUT2D eigenvalue weighted by Gasteiger charge is -2.16. The van der Waals surface area contributed by atoms with Gasteiger partial charge in [0.25, 0.3) is 22.8 Å². The first-order valence-electron chi connectivity index (χ1n) is 8.11. The fourth-order valence-corrected chi connectivity index (χ4v) is 2.27. The highest BCUT2D eigenvalue weighted by Crippen LogP contribution is 2.26. The van der Waals surface area contributed by atoms with Crippen molar-refractivity contribution >= 4 is 30.3 Å². The summed E-state index contributed by atoms with van der Waals surface area (Å²) in [5.41, 5.74) is -0.637. The van der Waals surface area contributed by atoms with Crippen molar-refractivity contribution in [2.75, 3.05) is 41.5 Å². The summed E-state index contributed by atoms with van der Waals surface area (Å²) in [6.07, 6.45) is 0.687. The van der Waals surface area contributed by atoms with Crippen LogP contribution in [0.4, 0.5) is 0 Å². The minimum atomic E-state index is -1.09. The Balaban J connectivity index is 0.000000960. The van der Waals surface area contributed by atoms with Gasteiger partial charge in [0, 0.05) is 12.6 Å². The van der Waals surface area contributed by atoms with Crippen molar-refractivity contribution in [3.63, 3.8) is 0 Å². The molecule has 0 N–H and O–H groups in total. The van der Waals surface area contributed by atoms with Gasteiger partial charge in [0.05, 0.1) is 23.2 Å². The standard InChI is InChI=1S/C14H11N3O8.C3H9N/c1-15(7-25-17(23)24)12(20)9-5-11-10(4-8(9)6-19)13(21)16(2-3-18)14(11)22;1-4(2)3/h3-6H,2,7H2,1H3;1-3H3. The molecule has 1 aromatic rings. The quantitative estimate of drug-likeness (QED) is 0.195. The van der Waals surface area contributed by atoms with Crippen LogP contribution in [-0.4, -0.2) is 91.5 Å². The zero-order chi connectivity index (χ0) is 22.3. The van der Waals surface area contributed by atoms with Crippen LogP contribution in [0.5, 0.6) is 0 Å². The maximum Gasteiger partial charge on any atom is 0.296 e. The molecule has 156 valence electrons. The fourth-order valence-electron chi connectivity index (χ4n) is 2.27. The second kappa shape index (κ2) is 10.0. The number of aldehydes is 2. The lowest BCUT2D eigenvalue weighted by atomic mass is 9.99. The SMILES string of the molecule is CN(C)C.CN(CO[N+](=O)[O-])C(=O)c1cc2c(cc1C=O)C(=O)N(CC=O)C2=O. The van der Waals surface area contributed by atoms with Gasteiger partial charge >= 0.3 is 0 Å². The van der Waals surface area contributed by atoms with Gasteiger partial charge in [-0.25, -0.2) is 0 Å². The van der Waals surface area contributed by atoms with Gasteiger partial charge < -0.3 is 14.6 Å². The van der Waals surface area contributed by atoms with Crippen LogP contribution >= 0.6 is 0 Å². The summed E-state index contributed by atoms with van der Waals surface area (Å²) in [7, 11) is 7.19. The predicted octanol–water partition coefficient (Wildman–Crippen LogP) is -0.290. The molecule has 3 amide bonds. The Labute approximate surface area is 165 Å². The summed E-state index contributed by atoms with van der Waals surface area (Å²) in [4.78, 5) is 76.2. The average molecular weight is 408 g/mol. The molecule has 2 rings (SSSR count). The molecule has 0 radical (unpaired) electrons. The third kappa shape index (κ3) is 5.65. The Bertz CT molecular complexity index is 849. The summed E-state index contributed by atoms with van der Waals surface area (Å²) in [5, 5.41) is 9.10. The molecule has 1 aromatic carbocycles. The zero-order valence-corrected chi connectivity index (χ0v) is 16.3. The minimum absolute atomic E-state index is 0.102. The van der Waals surface area contributed by atoms with E-state index in [0.29, 0.717) is 17.5 Å². The van der Waals surface area contributed by atoms with Crippen LogP contribution in [0.1, 0.15) is 41.4 Å². The monoisotopic (exact) mass is 408 g/mol. The number of hydrogen-bond donors (Lipinski definition) is 0. The zero-order valence-electron chi connectivity index (χ0n) is 16.3. The van der Waals surface area contributed by atoms with Crippen LogP contribution in [0.3, 0.4) is 0 Å². The maximum absolute atomic E-state index is 12.3. The van der Waals surface area contributed by atoms with E-state index in [0.717, 1.165) is 17.0 Å². The van der Waals surface area contributed by atoms with Gasteiger partial charge in [0.15, 0.2) is 13.0 Å². The van der Waals surface area contributed by atoms with Gasteiger partial charge in [-0.05, 0) is 33.3 Å². The lowest BCUT2D eigenvalue weighted by Crippen LogP contribution is -2.31. The molecule has 1 aliphatic heterocycles. The van der Waals surface area contributed by atoms with E-state index in [-0.39, 0.29) is 22.3 Å². The first-order valence-corrected chi connectivity index (χ1v) is 8.11. The molecule has 0 aromatic heterocycles. The first kappa shape index (κ1) is 23.4. The fraction of sp³-hybridized carbons (Fsp3) is 0.353. The minimum Gasteiger partial charge on any atom is -0.318 e. The molecule has 0 spiro atoms. The van der Waals surface area contributed by atoms with Crippen molar-refractivity contribution in [3.05, 3.63) is 44.5 Å². The van der Waals surface area contributed by atoms with E-state index in [9.17, 15) is 34.1 Å². The van der Waals surface area contributed by atoms with Crippen LogP contribution in [0.25, 0.3) is 0 Å². The highest BCUT2D eigenvalue weighted by atomic mass is 17.0. The number of carbonyl (C=O) groups excluding carboxylic acids is 5. The number of carbonyl (C=O) groups is 5. The second-order valence-corrected chi connectivity index (χ2v) is 6.32.